The van der Waals surface area contributed by atoms with Gasteiger partial charge in [0.1, 0.15) is 6.54 Å². The van der Waals surface area contributed by atoms with Gasteiger partial charge in [0.05, 0.1) is 5.56 Å². The lowest BCUT2D eigenvalue weighted by Gasteiger charge is -2.28. The van der Waals surface area contributed by atoms with Gasteiger partial charge >= 0.3 is 12.2 Å². The maximum Gasteiger partial charge on any atom is 0.416 e. The van der Waals surface area contributed by atoms with Crippen molar-refractivity contribution >= 4 is 28.5 Å². The van der Waals surface area contributed by atoms with Gasteiger partial charge in [-0.1, -0.05) is 55.5 Å². The molecule has 1 aromatic heterocycles. The molecule has 3 aromatic carbocycles. The fraction of sp³-hybridized carbons (Fsp3) is 0.312. The van der Waals surface area contributed by atoms with Crippen molar-refractivity contribution in [2.45, 2.75) is 51.4 Å². The van der Waals surface area contributed by atoms with Crippen molar-refractivity contribution in [2.75, 3.05) is 18.4 Å². The molecule has 0 saturated heterocycles. The topological polar surface area (TPSA) is 68.4 Å². The van der Waals surface area contributed by atoms with Gasteiger partial charge in [-0.2, -0.15) is 13.2 Å². The van der Waals surface area contributed by atoms with Crippen LogP contribution in [0.3, 0.4) is 0 Å². The van der Waals surface area contributed by atoms with Crippen LogP contribution in [0.1, 0.15) is 42.0 Å². The van der Waals surface area contributed by atoms with E-state index in [1.807, 2.05) is 61.7 Å². The van der Waals surface area contributed by atoms with Crippen LogP contribution in [0.5, 0.6) is 0 Å². The molecule has 214 valence electrons. The molecule has 4 aromatic rings. The van der Waals surface area contributed by atoms with E-state index < -0.39 is 11.7 Å². The number of aryl methyl sites for hydroxylation is 1. The largest absolute Gasteiger partial charge is 0.416 e. The first kappa shape index (κ1) is 28.3. The van der Waals surface area contributed by atoms with E-state index in [1.54, 1.807) is 9.80 Å². The number of fused-ring (bicyclic) bond motifs is 1. The Hall–Kier alpha value is -4.27. The maximum absolute atomic E-state index is 13.7. The minimum absolute atomic E-state index is 0.0192. The number of carbonyl (C=O) groups is 2. The van der Waals surface area contributed by atoms with E-state index in [2.05, 4.69) is 10.3 Å². The summed E-state index contributed by atoms with van der Waals surface area (Å²) in [5.74, 6) is -0.254. The highest BCUT2D eigenvalue weighted by Crippen LogP contribution is 2.30. The number of alkyl halides is 3. The molecule has 0 bridgehead atoms. The molecule has 1 fully saturated rings. The van der Waals surface area contributed by atoms with Crippen LogP contribution >= 0.6 is 0 Å². The lowest BCUT2D eigenvalue weighted by Crippen LogP contribution is -2.46. The zero-order valence-electron chi connectivity index (χ0n) is 22.9. The van der Waals surface area contributed by atoms with Crippen molar-refractivity contribution in [3.8, 4) is 0 Å². The summed E-state index contributed by atoms with van der Waals surface area (Å²) in [5.41, 5.74) is 3.61. The van der Waals surface area contributed by atoms with Crippen LogP contribution in [0.4, 0.5) is 23.7 Å². The predicted molar refractivity (Wildman–Crippen MR) is 153 cm³/mol. The van der Waals surface area contributed by atoms with Crippen LogP contribution in [0.25, 0.3) is 10.9 Å². The Kier molecular flexibility index (Phi) is 8.33. The number of anilines is 1. The predicted octanol–water partition coefficient (Wildman–Crippen LogP) is 7.02. The van der Waals surface area contributed by atoms with E-state index in [4.69, 9.17) is 0 Å². The zero-order valence-corrected chi connectivity index (χ0v) is 22.9. The third-order valence-corrected chi connectivity index (χ3v) is 7.53. The number of aromatic amines is 1. The number of nitrogens with one attached hydrogen (secondary N) is 2. The molecule has 9 heteroatoms. The molecule has 3 amide bonds. The Morgan fingerprint density at radius 2 is 1.66 bits per heavy atom. The van der Waals surface area contributed by atoms with E-state index in [-0.39, 0.29) is 31.1 Å². The molecule has 41 heavy (non-hydrogen) atoms. The number of H-pyrrole nitrogens is 1. The minimum Gasteiger partial charge on any atom is -0.361 e. The van der Waals surface area contributed by atoms with Crippen LogP contribution in [-0.2, 0) is 30.4 Å². The average molecular weight is 563 g/mol. The average Bonchev–Trinajstić information content (AvgIpc) is 3.73. The van der Waals surface area contributed by atoms with Gasteiger partial charge in [0, 0.05) is 41.9 Å². The quantitative estimate of drug-likeness (QED) is 0.218. The lowest BCUT2D eigenvalue weighted by atomic mass is 10.1. The fourth-order valence-electron chi connectivity index (χ4n) is 5.04. The molecule has 1 aliphatic rings. The molecule has 0 radical (unpaired) electrons. The van der Waals surface area contributed by atoms with Crippen LogP contribution in [0.15, 0.2) is 79.0 Å². The number of amides is 3. The summed E-state index contributed by atoms with van der Waals surface area (Å²) in [5, 5.41) is 4.04. The molecule has 1 aliphatic carbocycles. The van der Waals surface area contributed by atoms with Crippen LogP contribution in [-0.4, -0.2) is 45.9 Å². The van der Waals surface area contributed by atoms with E-state index in [9.17, 15) is 22.8 Å². The summed E-state index contributed by atoms with van der Waals surface area (Å²) < 4.78 is 39.3. The van der Waals surface area contributed by atoms with Gasteiger partial charge < -0.3 is 20.1 Å². The number of aromatic nitrogens is 1. The number of hydrogen-bond acceptors (Lipinski definition) is 2. The Bertz CT molecular complexity index is 1510. The standard InChI is InChI=1S/C32H33F3N4O2/c1-2-23-7-3-5-9-28(23)37-31(41)39(26-15-16-26)21-30(40)38(20-22-11-13-25(14-12-22)32(33,34)35)18-17-24-19-36-29-10-6-4-8-27(24)29/h3-14,19,26,36H,2,15-18,20-21H2,1H3,(H,37,41). The van der Waals surface area contributed by atoms with Gasteiger partial charge in [-0.15, -0.1) is 0 Å². The second-order valence-corrected chi connectivity index (χ2v) is 10.4. The molecular weight excluding hydrogens is 529 g/mol. The monoisotopic (exact) mass is 562 g/mol. The van der Waals surface area contributed by atoms with Gasteiger partial charge in [-0.3, -0.25) is 4.79 Å². The molecule has 0 unspecified atom stereocenters. The summed E-state index contributed by atoms with van der Waals surface area (Å²) in [4.78, 5) is 33.5. The first-order chi connectivity index (χ1) is 19.7. The first-order valence-electron chi connectivity index (χ1n) is 13.9. The molecule has 0 aliphatic heterocycles. The van der Waals surface area contributed by atoms with Gasteiger partial charge in [0.15, 0.2) is 0 Å². The minimum atomic E-state index is -4.43. The van der Waals surface area contributed by atoms with Gasteiger partial charge in [-0.25, -0.2) is 4.79 Å². The van der Waals surface area contributed by atoms with E-state index in [0.717, 1.165) is 59.1 Å². The molecule has 0 spiro atoms. The number of carbonyl (C=O) groups excluding carboxylic acids is 2. The van der Waals surface area contributed by atoms with Crippen LogP contribution < -0.4 is 5.32 Å². The number of nitrogens with zero attached hydrogens (tertiary/aromatic N) is 2. The summed E-state index contributed by atoms with van der Waals surface area (Å²) in [6.07, 6.45) is 0.441. The summed E-state index contributed by atoms with van der Waals surface area (Å²) in [6, 6.07) is 20.0. The number of benzene rings is 3. The molecule has 6 nitrogen and oxygen atoms in total. The first-order valence-corrected chi connectivity index (χ1v) is 13.9. The van der Waals surface area contributed by atoms with Gasteiger partial charge in [0.2, 0.25) is 5.91 Å². The Labute approximate surface area is 237 Å². The highest BCUT2D eigenvalue weighted by atomic mass is 19.4. The van der Waals surface area contributed by atoms with Crippen molar-refractivity contribution in [3.05, 3.63) is 101 Å². The molecule has 1 saturated carbocycles. The smallest absolute Gasteiger partial charge is 0.361 e. The number of urea groups is 1. The Morgan fingerprint density at radius 3 is 2.37 bits per heavy atom. The highest BCUT2D eigenvalue weighted by Gasteiger charge is 2.35. The summed E-state index contributed by atoms with van der Waals surface area (Å²) >= 11 is 0. The van der Waals surface area contributed by atoms with Crippen LogP contribution in [0, 0.1) is 0 Å². The van der Waals surface area contributed by atoms with Crippen molar-refractivity contribution in [3.63, 3.8) is 0 Å². The van der Waals surface area contributed by atoms with Gasteiger partial charge in [-0.05, 0) is 66.6 Å². The summed E-state index contributed by atoms with van der Waals surface area (Å²) in [7, 11) is 0. The molecule has 1 heterocycles. The molecule has 5 rings (SSSR count). The van der Waals surface area contributed by atoms with Crippen molar-refractivity contribution in [1.29, 1.82) is 0 Å². The molecule has 0 atom stereocenters. The van der Waals surface area contributed by atoms with Crippen molar-refractivity contribution in [1.82, 2.24) is 14.8 Å². The van der Waals surface area contributed by atoms with Crippen molar-refractivity contribution in [2.24, 2.45) is 0 Å². The van der Waals surface area contributed by atoms with Crippen molar-refractivity contribution < 1.29 is 22.8 Å². The number of hydrogen-bond donors (Lipinski definition) is 2. The van der Waals surface area contributed by atoms with Crippen LogP contribution in [0.2, 0.25) is 0 Å². The van der Waals surface area contributed by atoms with E-state index >= 15 is 0 Å². The highest BCUT2D eigenvalue weighted by molar-refractivity contribution is 5.93. The summed E-state index contributed by atoms with van der Waals surface area (Å²) in [6.45, 7) is 2.39. The zero-order chi connectivity index (χ0) is 29.0. The SMILES string of the molecule is CCc1ccccc1NC(=O)N(CC(=O)N(CCc1c[nH]c2ccccc12)Cc1ccc(C(F)(F)F)cc1)C1CC1. The third kappa shape index (κ3) is 6.90. The lowest BCUT2D eigenvalue weighted by molar-refractivity contribution is -0.137. The molecule has 2 N–H and O–H groups in total. The molecular formula is C32H33F3N4O2. The second kappa shape index (κ2) is 12.1. The van der Waals surface area contributed by atoms with E-state index in [0.29, 0.717) is 18.5 Å². The third-order valence-electron chi connectivity index (χ3n) is 7.53. The maximum atomic E-state index is 13.7. The number of halogens is 3. The fourth-order valence-corrected chi connectivity index (χ4v) is 5.04. The van der Waals surface area contributed by atoms with E-state index in [1.165, 1.54) is 12.1 Å². The normalized spacial score (nSPS) is 13.3. The number of para-hydroxylation sites is 2. The Morgan fingerprint density at radius 1 is 0.951 bits per heavy atom. The Balaban J connectivity index is 1.34. The van der Waals surface area contributed by atoms with Gasteiger partial charge in [0.25, 0.3) is 0 Å². The number of rotatable bonds is 10. The second-order valence-electron chi connectivity index (χ2n) is 10.4.